The van der Waals surface area contributed by atoms with Crippen LogP contribution in [0.4, 0.5) is 11.4 Å². The van der Waals surface area contributed by atoms with Crippen LogP contribution in [0.3, 0.4) is 0 Å². The first kappa shape index (κ1) is 50.3. The number of rotatable bonds is 15. The number of anilines is 2. The zero-order chi connectivity index (χ0) is 51.1. The molecular formula is C57H55Cl3N10O4. The van der Waals surface area contributed by atoms with Gasteiger partial charge in [-0.2, -0.15) is 10.2 Å². The molecule has 2 fully saturated rings. The Kier molecular flexibility index (Phi) is 15.3. The number of halogens is 3. The Balaban J connectivity index is 0.000000209. The summed E-state index contributed by atoms with van der Waals surface area (Å²) in [5.41, 5.74) is 6.34. The normalized spacial score (nSPS) is 17.2. The smallest absolute Gasteiger partial charge is 0.350 e. The van der Waals surface area contributed by atoms with Gasteiger partial charge in [-0.05, 0) is 91.2 Å². The Morgan fingerprint density at radius 3 is 1.95 bits per heavy atom. The average molecular weight is 1050 g/mol. The van der Waals surface area contributed by atoms with Crippen LogP contribution in [0, 0.1) is 0 Å². The van der Waals surface area contributed by atoms with Gasteiger partial charge in [0, 0.05) is 71.1 Å². The molecule has 6 aromatic carbocycles. The van der Waals surface area contributed by atoms with Crippen LogP contribution in [0.15, 0.2) is 194 Å². The molecule has 2 saturated heterocycles. The van der Waals surface area contributed by atoms with E-state index in [-0.39, 0.29) is 24.4 Å². The standard InChI is InChI=1S/C35H38Cl2N8O4.C22H17ClN2/c1-3-25(2)45-34(46)44(24-40-45)29-7-5-27(6-8-29)41-14-16-42(17-15-41)28-9-11-30(12-10-28)47-19-31-20-48-35(49-31,21-43-23-38-22-39-43)32-13-4-26(36)18-33(32)37;23-21-14-8-7-13-20(21)22(25-16-15-24-17-25,18-9-3-1-4-10-18)19-11-5-2-6-12-19/h4-13,18,22-25,31H,3,14-17,19-21H2,1-2H3;1-17H/t25?,31-,35-;/m0./s1. The molecule has 14 nitrogen and oxygen atoms in total. The van der Waals surface area contributed by atoms with Gasteiger partial charge in [0.1, 0.15) is 49.5 Å². The van der Waals surface area contributed by atoms with E-state index >= 15 is 0 Å². The molecular weight excluding hydrogens is 995 g/mol. The Bertz CT molecular complexity index is 3240. The molecule has 378 valence electrons. The number of ether oxygens (including phenoxy) is 3. The molecule has 2 aliphatic rings. The third-order valence-electron chi connectivity index (χ3n) is 13.7. The van der Waals surface area contributed by atoms with Crippen molar-refractivity contribution in [3.63, 3.8) is 0 Å². The van der Waals surface area contributed by atoms with Gasteiger partial charge in [-0.1, -0.05) is 127 Å². The first-order chi connectivity index (χ1) is 36.1. The zero-order valence-electron chi connectivity index (χ0n) is 40.9. The first-order valence-corrected chi connectivity index (χ1v) is 25.7. The Morgan fingerprint density at radius 1 is 0.716 bits per heavy atom. The molecule has 11 rings (SSSR count). The lowest BCUT2D eigenvalue weighted by molar-refractivity contribution is -0.190. The monoisotopic (exact) mass is 1050 g/mol. The fourth-order valence-electron chi connectivity index (χ4n) is 9.73. The number of nitrogens with zero attached hydrogens (tertiary/aromatic N) is 10. The van der Waals surface area contributed by atoms with Crippen molar-refractivity contribution < 1.29 is 14.2 Å². The topological polar surface area (TPSA) is 123 Å². The summed E-state index contributed by atoms with van der Waals surface area (Å²) >= 11 is 19.4. The maximum Gasteiger partial charge on any atom is 0.350 e. The van der Waals surface area contributed by atoms with E-state index in [1.54, 1.807) is 40.2 Å². The van der Waals surface area contributed by atoms with Gasteiger partial charge < -0.3 is 28.6 Å². The Morgan fingerprint density at radius 2 is 1.35 bits per heavy atom. The van der Waals surface area contributed by atoms with E-state index in [2.05, 4.69) is 113 Å². The molecule has 0 aliphatic carbocycles. The number of aromatic nitrogens is 8. The molecule has 3 aromatic heterocycles. The first-order valence-electron chi connectivity index (χ1n) is 24.6. The van der Waals surface area contributed by atoms with Crippen LogP contribution < -0.4 is 20.2 Å². The summed E-state index contributed by atoms with van der Waals surface area (Å²) in [4.78, 5) is 25.9. The van der Waals surface area contributed by atoms with Crippen LogP contribution in [0.25, 0.3) is 5.69 Å². The van der Waals surface area contributed by atoms with Gasteiger partial charge in [-0.25, -0.2) is 28.7 Å². The molecule has 0 amide bonds. The molecule has 0 spiro atoms. The quantitative estimate of drug-likeness (QED) is 0.0917. The molecule has 9 aromatic rings. The van der Waals surface area contributed by atoms with Gasteiger partial charge in [0.15, 0.2) is 0 Å². The summed E-state index contributed by atoms with van der Waals surface area (Å²) in [5, 5.41) is 10.2. The summed E-state index contributed by atoms with van der Waals surface area (Å²) in [7, 11) is 0. The number of imidazole rings is 1. The van der Waals surface area contributed by atoms with Gasteiger partial charge in [0.25, 0.3) is 0 Å². The van der Waals surface area contributed by atoms with Crippen molar-refractivity contribution in [1.29, 1.82) is 0 Å². The van der Waals surface area contributed by atoms with E-state index in [0.717, 1.165) is 77.1 Å². The molecule has 17 heteroatoms. The number of hydrogen-bond donors (Lipinski definition) is 0. The minimum atomic E-state index is -1.16. The summed E-state index contributed by atoms with van der Waals surface area (Å²) < 4.78 is 25.8. The van der Waals surface area contributed by atoms with Crippen molar-refractivity contribution in [3.8, 4) is 11.4 Å². The number of benzene rings is 6. The van der Waals surface area contributed by atoms with Gasteiger partial charge in [-0.15, -0.1) is 0 Å². The third-order valence-corrected chi connectivity index (χ3v) is 14.6. The van der Waals surface area contributed by atoms with E-state index in [4.69, 9.17) is 49.0 Å². The van der Waals surface area contributed by atoms with Crippen molar-refractivity contribution in [2.45, 2.75) is 50.3 Å². The molecule has 5 heterocycles. The zero-order valence-corrected chi connectivity index (χ0v) is 43.2. The fourth-order valence-corrected chi connectivity index (χ4v) is 10.6. The third kappa shape index (κ3) is 10.5. The predicted molar refractivity (Wildman–Crippen MR) is 290 cm³/mol. The maximum atomic E-state index is 12.8. The highest BCUT2D eigenvalue weighted by Crippen LogP contribution is 2.44. The molecule has 0 bridgehead atoms. The van der Waals surface area contributed by atoms with Crippen LogP contribution in [-0.4, -0.2) is 84.2 Å². The van der Waals surface area contributed by atoms with Crippen LogP contribution in [0.1, 0.15) is 48.6 Å². The summed E-state index contributed by atoms with van der Waals surface area (Å²) in [6.45, 7) is 8.48. The number of piperazine rings is 1. The van der Waals surface area contributed by atoms with Gasteiger partial charge in [0.2, 0.25) is 5.79 Å². The second kappa shape index (κ2) is 22.5. The largest absolute Gasteiger partial charge is 0.491 e. The number of hydrogen-bond acceptors (Lipinski definition) is 10. The molecule has 0 N–H and O–H groups in total. The van der Waals surface area contributed by atoms with Crippen LogP contribution in [-0.2, 0) is 27.3 Å². The van der Waals surface area contributed by atoms with Crippen molar-refractivity contribution in [2.75, 3.05) is 49.2 Å². The minimum Gasteiger partial charge on any atom is -0.491 e. The lowest BCUT2D eigenvalue weighted by Crippen LogP contribution is -2.46. The van der Waals surface area contributed by atoms with E-state index in [0.29, 0.717) is 28.8 Å². The summed E-state index contributed by atoms with van der Waals surface area (Å²) in [5.74, 6) is -0.410. The second-order valence-corrected chi connectivity index (χ2v) is 19.4. The molecule has 1 unspecified atom stereocenters. The summed E-state index contributed by atoms with van der Waals surface area (Å²) in [6, 6.07) is 50.4. The molecule has 74 heavy (non-hydrogen) atoms. The molecule has 2 aliphatic heterocycles. The lowest BCUT2D eigenvalue weighted by atomic mass is 9.76. The van der Waals surface area contributed by atoms with Gasteiger partial charge in [0.05, 0.1) is 29.7 Å². The Labute approximate surface area is 444 Å². The summed E-state index contributed by atoms with van der Waals surface area (Å²) in [6.07, 6.45) is 10.8. The van der Waals surface area contributed by atoms with Crippen LogP contribution in [0.5, 0.6) is 5.75 Å². The van der Waals surface area contributed by atoms with E-state index < -0.39 is 11.3 Å². The predicted octanol–water partition coefficient (Wildman–Crippen LogP) is 11.0. The SMILES string of the molecule is CCC(C)n1ncn(-c2ccc(N3CCN(c4ccc(OC[C@H]5CO[C@](Cn6cncn6)(c6ccc(Cl)cc6Cl)O5)cc4)CC3)cc2)c1=O.Clc1ccccc1C(c1ccccc1)(c1ccccc1)n1ccnc1. The highest BCUT2D eigenvalue weighted by Gasteiger charge is 2.46. The highest BCUT2D eigenvalue weighted by molar-refractivity contribution is 6.35. The molecule has 3 atom stereocenters. The fraction of sp³-hybridized carbons (Fsp3) is 0.246. The molecule has 0 saturated carbocycles. The van der Waals surface area contributed by atoms with E-state index in [1.807, 2.05) is 87.0 Å². The van der Waals surface area contributed by atoms with Crippen molar-refractivity contribution in [3.05, 3.63) is 237 Å². The Hall–Kier alpha value is -7.20. The maximum absolute atomic E-state index is 12.8. The average Bonchev–Trinajstić information content (AvgIpc) is 4.32. The van der Waals surface area contributed by atoms with Crippen molar-refractivity contribution in [1.82, 2.24) is 38.7 Å². The van der Waals surface area contributed by atoms with Crippen molar-refractivity contribution in [2.24, 2.45) is 0 Å². The second-order valence-electron chi connectivity index (χ2n) is 18.2. The highest BCUT2D eigenvalue weighted by atomic mass is 35.5. The van der Waals surface area contributed by atoms with E-state index in [9.17, 15) is 4.79 Å². The van der Waals surface area contributed by atoms with Crippen molar-refractivity contribution >= 4 is 46.2 Å². The van der Waals surface area contributed by atoms with Gasteiger partial charge in [-0.3, -0.25) is 0 Å². The van der Waals surface area contributed by atoms with Gasteiger partial charge >= 0.3 is 5.69 Å². The minimum absolute atomic E-state index is 0.0645. The van der Waals surface area contributed by atoms with Crippen LogP contribution >= 0.6 is 34.8 Å². The van der Waals surface area contributed by atoms with Crippen LogP contribution in [0.2, 0.25) is 15.1 Å². The van der Waals surface area contributed by atoms with E-state index in [1.165, 1.54) is 11.0 Å². The molecule has 0 radical (unpaired) electrons. The lowest BCUT2D eigenvalue weighted by Gasteiger charge is -2.37.